The van der Waals surface area contributed by atoms with Gasteiger partial charge in [0.1, 0.15) is 0 Å². The number of aromatic carboxylic acids is 1. The van der Waals surface area contributed by atoms with Crippen LogP contribution < -0.4 is 0 Å². The maximum absolute atomic E-state index is 10.5. The Kier molecular flexibility index (Phi) is 4.20. The molecule has 0 heterocycles. The van der Waals surface area contributed by atoms with E-state index in [4.69, 9.17) is 16.7 Å². The minimum atomic E-state index is -0.902. The van der Waals surface area contributed by atoms with Gasteiger partial charge in [-0.25, -0.2) is 4.79 Å². The summed E-state index contributed by atoms with van der Waals surface area (Å²) in [7, 11) is 0. The molecule has 0 aliphatic rings. The second-order valence-electron chi connectivity index (χ2n) is 2.81. The summed E-state index contributed by atoms with van der Waals surface area (Å²) in [5.41, 5.74) is 1.29. The van der Waals surface area contributed by atoms with Crippen molar-refractivity contribution in [3.05, 3.63) is 41.5 Å². The van der Waals surface area contributed by atoms with Gasteiger partial charge in [-0.05, 0) is 24.1 Å². The van der Waals surface area contributed by atoms with Crippen LogP contribution in [0.3, 0.4) is 0 Å². The average molecular weight is 211 g/mol. The fourth-order valence-corrected chi connectivity index (χ4v) is 1.15. The molecule has 0 amide bonds. The molecule has 74 valence electrons. The molecule has 0 fully saturated rings. The Morgan fingerprint density at radius 2 is 2.00 bits per heavy atom. The zero-order valence-corrected chi connectivity index (χ0v) is 8.37. The Hall–Kier alpha value is -1.28. The van der Waals surface area contributed by atoms with Gasteiger partial charge < -0.3 is 5.11 Å². The van der Waals surface area contributed by atoms with Crippen LogP contribution in [0.5, 0.6) is 0 Å². The molecular weight excluding hydrogens is 200 g/mol. The summed E-state index contributed by atoms with van der Waals surface area (Å²) in [6.45, 7) is 0. The molecule has 0 aliphatic heterocycles. The third kappa shape index (κ3) is 3.23. The van der Waals surface area contributed by atoms with Crippen LogP contribution in [0.15, 0.2) is 30.3 Å². The number of allylic oxidation sites excluding steroid dienone is 1. The maximum atomic E-state index is 10.5. The number of alkyl halides is 1. The zero-order valence-electron chi connectivity index (χ0n) is 7.61. The maximum Gasteiger partial charge on any atom is 0.335 e. The lowest BCUT2D eigenvalue weighted by molar-refractivity contribution is 0.0697. The number of rotatable bonds is 4. The van der Waals surface area contributed by atoms with E-state index in [9.17, 15) is 4.79 Å². The van der Waals surface area contributed by atoms with Gasteiger partial charge in [0.25, 0.3) is 0 Å². The summed E-state index contributed by atoms with van der Waals surface area (Å²) in [6.07, 6.45) is 4.71. The van der Waals surface area contributed by atoms with E-state index in [-0.39, 0.29) is 0 Å². The summed E-state index contributed by atoms with van der Waals surface area (Å²) in [5.74, 6) is -0.301. The number of carbonyl (C=O) groups is 1. The summed E-state index contributed by atoms with van der Waals surface area (Å²) in [6, 6.07) is 6.72. The summed E-state index contributed by atoms with van der Waals surface area (Å²) >= 11 is 5.51. The predicted octanol–water partition coefficient (Wildman–Crippen LogP) is 3.03. The molecule has 3 heteroatoms. The van der Waals surface area contributed by atoms with E-state index < -0.39 is 5.97 Å². The largest absolute Gasteiger partial charge is 0.478 e. The van der Waals surface area contributed by atoms with Crippen LogP contribution in [0.25, 0.3) is 6.08 Å². The molecule has 1 rings (SSSR count). The fraction of sp³-hybridized carbons (Fsp3) is 0.182. The van der Waals surface area contributed by atoms with Gasteiger partial charge in [0.2, 0.25) is 0 Å². The molecule has 0 bridgehead atoms. The Balaban J connectivity index is 2.68. The molecule has 1 aromatic rings. The highest BCUT2D eigenvalue weighted by atomic mass is 35.5. The molecule has 0 atom stereocenters. The van der Waals surface area contributed by atoms with Crippen LogP contribution >= 0.6 is 11.6 Å². The van der Waals surface area contributed by atoms with Crippen molar-refractivity contribution in [2.45, 2.75) is 6.42 Å². The van der Waals surface area contributed by atoms with E-state index in [1.54, 1.807) is 24.3 Å². The number of halogens is 1. The van der Waals surface area contributed by atoms with Crippen molar-refractivity contribution >= 4 is 23.6 Å². The van der Waals surface area contributed by atoms with Gasteiger partial charge in [-0.1, -0.05) is 24.3 Å². The van der Waals surface area contributed by atoms with Gasteiger partial charge in [0.05, 0.1) is 5.56 Å². The Labute approximate surface area is 87.8 Å². The first-order chi connectivity index (χ1) is 6.74. The van der Waals surface area contributed by atoms with Gasteiger partial charge in [0.15, 0.2) is 0 Å². The zero-order chi connectivity index (χ0) is 10.4. The van der Waals surface area contributed by atoms with Crippen molar-refractivity contribution in [1.82, 2.24) is 0 Å². The summed E-state index contributed by atoms with van der Waals surface area (Å²) in [4.78, 5) is 10.5. The Morgan fingerprint density at radius 3 is 2.50 bits per heavy atom. The van der Waals surface area contributed by atoms with E-state index in [0.29, 0.717) is 11.4 Å². The molecule has 0 radical (unpaired) electrons. The number of carboxylic acids is 1. The molecular formula is C11H11ClO2. The van der Waals surface area contributed by atoms with E-state index in [2.05, 4.69) is 0 Å². The molecule has 1 N–H and O–H groups in total. The summed E-state index contributed by atoms with van der Waals surface area (Å²) in [5, 5.41) is 8.65. The second-order valence-corrected chi connectivity index (χ2v) is 3.19. The van der Waals surface area contributed by atoms with Crippen molar-refractivity contribution in [3.8, 4) is 0 Å². The minimum Gasteiger partial charge on any atom is -0.478 e. The Bertz CT molecular complexity index is 328. The lowest BCUT2D eigenvalue weighted by atomic mass is 10.1. The van der Waals surface area contributed by atoms with Crippen molar-refractivity contribution in [2.24, 2.45) is 0 Å². The minimum absolute atomic E-state index is 0.305. The quantitative estimate of drug-likeness (QED) is 0.776. The van der Waals surface area contributed by atoms with Gasteiger partial charge in [-0.2, -0.15) is 0 Å². The van der Waals surface area contributed by atoms with Crippen LogP contribution in [0.4, 0.5) is 0 Å². The molecule has 0 saturated heterocycles. The number of carboxylic acid groups (broad SMARTS) is 1. The average Bonchev–Trinajstić information content (AvgIpc) is 2.19. The third-order valence-electron chi connectivity index (χ3n) is 1.74. The molecule has 0 unspecified atom stereocenters. The van der Waals surface area contributed by atoms with Gasteiger partial charge >= 0.3 is 5.97 Å². The van der Waals surface area contributed by atoms with Crippen LogP contribution in [0.2, 0.25) is 0 Å². The first-order valence-electron chi connectivity index (χ1n) is 4.30. The Morgan fingerprint density at radius 1 is 1.36 bits per heavy atom. The van der Waals surface area contributed by atoms with Gasteiger partial charge in [0, 0.05) is 5.88 Å². The van der Waals surface area contributed by atoms with Gasteiger partial charge in [-0.15, -0.1) is 11.6 Å². The van der Waals surface area contributed by atoms with Gasteiger partial charge in [-0.3, -0.25) is 0 Å². The predicted molar refractivity (Wildman–Crippen MR) is 57.8 cm³/mol. The lowest BCUT2D eigenvalue weighted by Crippen LogP contribution is -1.94. The first kappa shape index (κ1) is 10.8. The fourth-order valence-electron chi connectivity index (χ4n) is 1.02. The van der Waals surface area contributed by atoms with Crippen molar-refractivity contribution in [3.63, 3.8) is 0 Å². The van der Waals surface area contributed by atoms with E-state index in [0.717, 1.165) is 12.0 Å². The van der Waals surface area contributed by atoms with Crippen LogP contribution in [0.1, 0.15) is 22.3 Å². The molecule has 0 saturated carbocycles. The molecule has 1 aromatic carbocycles. The molecule has 0 spiro atoms. The van der Waals surface area contributed by atoms with Crippen LogP contribution in [-0.2, 0) is 0 Å². The SMILES string of the molecule is O=C(O)c1ccc(C=CCCCl)cc1. The number of benzene rings is 1. The molecule has 2 nitrogen and oxygen atoms in total. The highest BCUT2D eigenvalue weighted by molar-refractivity contribution is 6.17. The van der Waals surface area contributed by atoms with Crippen molar-refractivity contribution < 1.29 is 9.90 Å². The standard InChI is InChI=1S/C11H11ClO2/c12-8-2-1-3-9-4-6-10(7-5-9)11(13)14/h1,3-7H,2,8H2,(H,13,14). The third-order valence-corrected chi connectivity index (χ3v) is 1.96. The van der Waals surface area contributed by atoms with Crippen molar-refractivity contribution in [1.29, 1.82) is 0 Å². The second kappa shape index (κ2) is 5.45. The summed E-state index contributed by atoms with van der Waals surface area (Å²) < 4.78 is 0. The first-order valence-corrected chi connectivity index (χ1v) is 4.83. The molecule has 0 aromatic heterocycles. The smallest absolute Gasteiger partial charge is 0.335 e. The highest BCUT2D eigenvalue weighted by Crippen LogP contribution is 2.06. The molecule has 14 heavy (non-hydrogen) atoms. The van der Waals surface area contributed by atoms with E-state index in [1.807, 2.05) is 12.2 Å². The van der Waals surface area contributed by atoms with Crippen LogP contribution in [-0.4, -0.2) is 17.0 Å². The highest BCUT2D eigenvalue weighted by Gasteiger charge is 1.99. The normalized spacial score (nSPS) is 10.6. The lowest BCUT2D eigenvalue weighted by Gasteiger charge is -1.95. The molecule has 0 aliphatic carbocycles. The topological polar surface area (TPSA) is 37.3 Å². The van der Waals surface area contributed by atoms with Crippen molar-refractivity contribution in [2.75, 3.05) is 5.88 Å². The number of hydrogen-bond acceptors (Lipinski definition) is 1. The number of hydrogen-bond donors (Lipinski definition) is 1. The van der Waals surface area contributed by atoms with Crippen LogP contribution in [0, 0.1) is 0 Å². The monoisotopic (exact) mass is 210 g/mol. The van der Waals surface area contributed by atoms with E-state index in [1.165, 1.54) is 0 Å². The van der Waals surface area contributed by atoms with E-state index >= 15 is 0 Å².